The molecule has 12 nitrogen and oxygen atoms in total. The Morgan fingerprint density at radius 2 is 1.80 bits per heavy atom. The highest BCUT2D eigenvalue weighted by Crippen LogP contribution is 2.19. The van der Waals surface area contributed by atoms with Crippen LogP contribution >= 0.6 is 0 Å². The number of aliphatic hydroxyl groups excluding tert-OH is 2. The average Bonchev–Trinajstić information content (AvgIpc) is 3.00. The van der Waals surface area contributed by atoms with Crippen LogP contribution in [0.3, 0.4) is 0 Å². The molecule has 0 aromatic carbocycles. The Balaban J connectivity index is 2.87. The number of aromatic nitrogens is 2. The van der Waals surface area contributed by atoms with Gasteiger partial charge in [-0.15, -0.1) is 10.2 Å². The minimum atomic E-state index is -1.52. The molecule has 1 aromatic rings. The van der Waals surface area contributed by atoms with Crippen molar-refractivity contribution in [2.45, 2.75) is 57.1 Å². The number of carbonyl (C=O) groups is 2. The van der Waals surface area contributed by atoms with Gasteiger partial charge in [0.2, 0.25) is 11.8 Å². The lowest BCUT2D eigenvalue weighted by Gasteiger charge is -2.21. The monoisotopic (exact) mass is 360 g/mol. The first-order valence-corrected chi connectivity index (χ1v) is 7.66. The lowest BCUT2D eigenvalue weighted by atomic mass is 10.1. The Labute approximate surface area is 143 Å². The molecule has 0 aliphatic heterocycles. The topological polar surface area (TPSA) is 210 Å². The van der Waals surface area contributed by atoms with Gasteiger partial charge in [-0.1, -0.05) is 6.92 Å². The summed E-state index contributed by atoms with van der Waals surface area (Å²) < 4.78 is 5.38. The van der Waals surface area contributed by atoms with Crippen LogP contribution in [0, 0.1) is 0 Å². The van der Waals surface area contributed by atoms with Gasteiger partial charge in [0.05, 0.1) is 12.1 Å². The number of nitrogens with two attached hydrogens (primary N) is 2. The summed E-state index contributed by atoms with van der Waals surface area (Å²) in [5.41, 5.74) is 11.1. The largest absolute Gasteiger partial charge is 0.480 e. The maximum Gasteiger partial charge on any atom is 0.328 e. The fourth-order valence-corrected chi connectivity index (χ4v) is 1.90. The molecule has 9 N–H and O–H groups in total. The molecule has 0 saturated carbocycles. The third kappa shape index (κ3) is 6.26. The normalized spacial score (nSPS) is 17.2. The van der Waals surface area contributed by atoms with Crippen LogP contribution in [0.1, 0.15) is 50.6 Å². The number of nitrogens with one attached hydrogen (secondary N) is 2. The standard InChI is InChI=1S/C13H24N6O6/c1-3-6(14)10-18-19-11(25-10)7(4-8(15)21)16-13(24)17-9(5(2)20)12(22)23/h5-9,20-21H,3-4,14-15H2,1-2H3,(H,22,23)(H2,16,17,24)/t5?,6-,7-,8?,9-/m0/s1. The van der Waals surface area contributed by atoms with Crippen molar-refractivity contribution in [1.29, 1.82) is 0 Å². The molecule has 0 saturated heterocycles. The average molecular weight is 360 g/mol. The zero-order chi connectivity index (χ0) is 19.1. The SMILES string of the molecule is CC[C@H](N)c1nnc([C@H](CC(N)O)NC(=O)N[C@H](C(=O)O)C(C)O)o1. The maximum absolute atomic E-state index is 12.0. The van der Waals surface area contributed by atoms with E-state index in [9.17, 15) is 19.8 Å². The third-order valence-electron chi connectivity index (χ3n) is 3.33. The molecule has 0 aliphatic carbocycles. The molecule has 0 fully saturated rings. The van der Waals surface area contributed by atoms with Crippen molar-refractivity contribution in [2.24, 2.45) is 11.5 Å². The first kappa shape index (κ1) is 20.8. The Kier molecular flexibility index (Phi) is 7.70. The number of carboxylic acid groups (broad SMARTS) is 1. The van der Waals surface area contributed by atoms with Crippen molar-refractivity contribution < 1.29 is 29.3 Å². The van der Waals surface area contributed by atoms with E-state index in [0.29, 0.717) is 6.42 Å². The summed E-state index contributed by atoms with van der Waals surface area (Å²) in [4.78, 5) is 23.0. The van der Waals surface area contributed by atoms with Gasteiger partial charge in [0.1, 0.15) is 12.3 Å². The highest BCUT2D eigenvalue weighted by atomic mass is 16.4. The Morgan fingerprint density at radius 1 is 1.20 bits per heavy atom. The second-order valence-corrected chi connectivity index (χ2v) is 5.52. The Bertz CT molecular complexity index is 577. The predicted molar refractivity (Wildman–Crippen MR) is 83.8 cm³/mol. The van der Waals surface area contributed by atoms with E-state index in [2.05, 4.69) is 20.8 Å². The number of carbonyl (C=O) groups excluding carboxylic acids is 1. The molecule has 1 rings (SSSR count). The molecule has 25 heavy (non-hydrogen) atoms. The number of urea groups is 1. The van der Waals surface area contributed by atoms with Gasteiger partial charge < -0.3 is 41.8 Å². The van der Waals surface area contributed by atoms with Crippen molar-refractivity contribution in [3.63, 3.8) is 0 Å². The molecule has 0 aliphatic rings. The zero-order valence-corrected chi connectivity index (χ0v) is 13.9. The first-order chi connectivity index (χ1) is 11.6. The summed E-state index contributed by atoms with van der Waals surface area (Å²) in [6, 6.07) is -3.90. The number of hydrogen-bond donors (Lipinski definition) is 7. The first-order valence-electron chi connectivity index (χ1n) is 7.66. The number of hydrogen-bond acceptors (Lipinski definition) is 9. The van der Waals surface area contributed by atoms with Gasteiger partial charge >= 0.3 is 12.0 Å². The highest BCUT2D eigenvalue weighted by molar-refractivity contribution is 5.83. The second kappa shape index (κ2) is 9.27. The van der Waals surface area contributed by atoms with Crippen LogP contribution in [0.5, 0.6) is 0 Å². The second-order valence-electron chi connectivity index (χ2n) is 5.52. The third-order valence-corrected chi connectivity index (χ3v) is 3.33. The van der Waals surface area contributed by atoms with Gasteiger partial charge in [-0.05, 0) is 13.3 Å². The minimum absolute atomic E-state index is 0.0394. The number of aliphatic carboxylic acids is 1. The van der Waals surface area contributed by atoms with Gasteiger partial charge in [-0.3, -0.25) is 0 Å². The zero-order valence-electron chi connectivity index (χ0n) is 13.9. The molecule has 0 bridgehead atoms. The fraction of sp³-hybridized carbons (Fsp3) is 0.692. The van der Waals surface area contributed by atoms with Gasteiger partial charge in [0.15, 0.2) is 6.04 Å². The molecule has 1 aromatic heterocycles. The summed E-state index contributed by atoms with van der Waals surface area (Å²) in [7, 11) is 0. The molecule has 0 radical (unpaired) electrons. The number of carboxylic acids is 1. The lowest BCUT2D eigenvalue weighted by Crippen LogP contribution is -2.52. The van der Waals surface area contributed by atoms with Gasteiger partial charge in [-0.25, -0.2) is 9.59 Å². The van der Waals surface area contributed by atoms with Gasteiger partial charge in [0.25, 0.3) is 0 Å². The molecule has 2 unspecified atom stereocenters. The Morgan fingerprint density at radius 3 is 2.28 bits per heavy atom. The van der Waals surface area contributed by atoms with E-state index in [1.54, 1.807) is 0 Å². The van der Waals surface area contributed by atoms with Crippen LogP contribution in [-0.4, -0.2) is 55.9 Å². The number of aliphatic hydroxyl groups is 2. The van der Waals surface area contributed by atoms with Crippen molar-refractivity contribution >= 4 is 12.0 Å². The van der Waals surface area contributed by atoms with Crippen molar-refractivity contribution in [1.82, 2.24) is 20.8 Å². The van der Waals surface area contributed by atoms with Gasteiger partial charge in [-0.2, -0.15) is 0 Å². The summed E-state index contributed by atoms with van der Waals surface area (Å²) in [6.45, 7) is 3.04. The molecular weight excluding hydrogens is 336 g/mol. The summed E-state index contributed by atoms with van der Waals surface area (Å²) in [5.74, 6) is -1.29. The maximum atomic E-state index is 12.0. The van der Waals surface area contributed by atoms with E-state index in [1.165, 1.54) is 6.92 Å². The van der Waals surface area contributed by atoms with Crippen molar-refractivity contribution in [3.05, 3.63) is 11.8 Å². The Hall–Kier alpha value is -2.28. The summed E-state index contributed by atoms with van der Waals surface area (Å²) in [5, 5.41) is 39.7. The number of nitrogens with zero attached hydrogens (tertiary/aromatic N) is 2. The van der Waals surface area contributed by atoms with E-state index in [1.807, 2.05) is 6.92 Å². The smallest absolute Gasteiger partial charge is 0.328 e. The minimum Gasteiger partial charge on any atom is -0.480 e. The van der Waals surface area contributed by atoms with E-state index in [4.69, 9.17) is 21.0 Å². The van der Waals surface area contributed by atoms with Crippen LogP contribution in [0.15, 0.2) is 4.42 Å². The van der Waals surface area contributed by atoms with Crippen molar-refractivity contribution in [2.75, 3.05) is 0 Å². The molecule has 2 amide bonds. The van der Waals surface area contributed by atoms with E-state index in [-0.39, 0.29) is 18.2 Å². The predicted octanol–water partition coefficient (Wildman–Crippen LogP) is -1.68. The molecule has 12 heteroatoms. The summed E-state index contributed by atoms with van der Waals surface area (Å²) in [6.07, 6.45) is -2.23. The molecular formula is C13H24N6O6. The fourth-order valence-electron chi connectivity index (χ4n) is 1.90. The number of rotatable bonds is 9. The van der Waals surface area contributed by atoms with Gasteiger partial charge in [0, 0.05) is 6.42 Å². The molecule has 0 spiro atoms. The highest BCUT2D eigenvalue weighted by Gasteiger charge is 2.28. The van der Waals surface area contributed by atoms with E-state index in [0.717, 1.165) is 0 Å². The molecule has 5 atom stereocenters. The van der Waals surface area contributed by atoms with Crippen molar-refractivity contribution in [3.8, 4) is 0 Å². The molecule has 1 heterocycles. The van der Waals surface area contributed by atoms with E-state index < -0.39 is 42.5 Å². The van der Waals surface area contributed by atoms with Crippen LogP contribution in [0.25, 0.3) is 0 Å². The van der Waals surface area contributed by atoms with Crippen LogP contribution in [0.2, 0.25) is 0 Å². The molecule has 142 valence electrons. The van der Waals surface area contributed by atoms with Crippen LogP contribution < -0.4 is 22.1 Å². The van der Waals surface area contributed by atoms with E-state index >= 15 is 0 Å². The summed E-state index contributed by atoms with van der Waals surface area (Å²) >= 11 is 0. The lowest BCUT2D eigenvalue weighted by molar-refractivity contribution is -0.141. The quantitative estimate of drug-likeness (QED) is 0.249. The van der Waals surface area contributed by atoms with Crippen LogP contribution in [0.4, 0.5) is 4.79 Å². The number of amides is 2. The van der Waals surface area contributed by atoms with Crippen LogP contribution in [-0.2, 0) is 4.79 Å².